The molecule has 4 rings (SSSR count). The van der Waals surface area contributed by atoms with Crippen molar-refractivity contribution < 1.29 is 29.7 Å². The van der Waals surface area contributed by atoms with Gasteiger partial charge in [-0.2, -0.15) is 0 Å². The number of carbonyl (C=O) groups excluding carboxylic acids is 2. The van der Waals surface area contributed by atoms with Crippen LogP contribution in [-0.4, -0.2) is 45.3 Å². The molecule has 3 N–H and O–H groups in total. The van der Waals surface area contributed by atoms with Gasteiger partial charge >= 0.3 is 5.97 Å². The number of nitrogens with zero attached hydrogens (tertiary/aromatic N) is 1. The molecule has 2 saturated carbocycles. The molecule has 2 bridgehead atoms. The van der Waals surface area contributed by atoms with Gasteiger partial charge in [0, 0.05) is 11.8 Å². The number of hydrogen-bond acceptors (Lipinski definition) is 5. The number of aliphatic hydroxyl groups excluding tert-OH is 2. The maximum absolute atomic E-state index is 12.7. The van der Waals surface area contributed by atoms with Crippen molar-refractivity contribution in [2.24, 2.45) is 23.7 Å². The first-order chi connectivity index (χ1) is 10.9. The summed E-state index contributed by atoms with van der Waals surface area (Å²) in [6.07, 6.45) is -1.57. The molecule has 1 heterocycles. The van der Waals surface area contributed by atoms with Crippen LogP contribution in [0.3, 0.4) is 0 Å². The number of amides is 2. The summed E-state index contributed by atoms with van der Waals surface area (Å²) < 4.78 is 0. The molecule has 120 valence electrons. The van der Waals surface area contributed by atoms with Gasteiger partial charge in [0.25, 0.3) is 0 Å². The number of carbonyl (C=O) groups is 3. The SMILES string of the molecule is O=C(O)c1ccccc1N1C(=O)C2C3CC(C2C1=O)[C@H](O)C3O. The predicted octanol–water partition coefficient (Wildman–Crippen LogP) is -0.138. The average Bonchev–Trinajstić information content (AvgIpc) is 3.12. The van der Waals surface area contributed by atoms with E-state index in [4.69, 9.17) is 0 Å². The fourth-order valence-corrected chi connectivity index (χ4v) is 4.52. The Morgan fingerprint density at radius 3 is 2.04 bits per heavy atom. The van der Waals surface area contributed by atoms with Crippen LogP contribution in [0.2, 0.25) is 0 Å². The van der Waals surface area contributed by atoms with Gasteiger partial charge in [0.2, 0.25) is 11.8 Å². The highest BCUT2D eigenvalue weighted by molar-refractivity contribution is 6.24. The Bertz CT molecular complexity index is 699. The molecule has 1 aromatic rings. The highest BCUT2D eigenvalue weighted by Crippen LogP contribution is 2.56. The van der Waals surface area contributed by atoms with Gasteiger partial charge in [-0.3, -0.25) is 9.59 Å². The van der Waals surface area contributed by atoms with Gasteiger partial charge in [-0.1, -0.05) is 12.1 Å². The van der Waals surface area contributed by atoms with Crippen LogP contribution in [0.4, 0.5) is 5.69 Å². The summed E-state index contributed by atoms with van der Waals surface area (Å²) in [4.78, 5) is 37.7. The molecule has 3 aliphatic rings. The van der Waals surface area contributed by atoms with Crippen molar-refractivity contribution in [2.75, 3.05) is 4.90 Å². The number of rotatable bonds is 2. The first-order valence-electron chi connectivity index (χ1n) is 7.49. The van der Waals surface area contributed by atoms with Crippen LogP contribution >= 0.6 is 0 Å². The monoisotopic (exact) mass is 317 g/mol. The molecule has 2 aliphatic carbocycles. The third-order valence-corrected chi connectivity index (χ3v) is 5.47. The van der Waals surface area contributed by atoms with E-state index in [9.17, 15) is 29.7 Å². The highest BCUT2D eigenvalue weighted by atomic mass is 16.4. The summed E-state index contributed by atoms with van der Waals surface area (Å²) in [5.74, 6) is -4.42. The first kappa shape index (κ1) is 14.3. The fraction of sp³-hybridized carbons (Fsp3) is 0.438. The van der Waals surface area contributed by atoms with Gasteiger partial charge in [-0.25, -0.2) is 9.69 Å². The lowest BCUT2D eigenvalue weighted by atomic mass is 9.78. The standard InChI is InChI=1S/C16H15NO6/c18-12-7-5-8(13(12)19)11-10(7)14(20)17(15(11)21)9-4-2-1-3-6(9)16(22)23/h1-4,7-8,10-13,18-19H,5H2,(H,22,23)/t7?,8?,10?,11?,12-,13?/m0/s1. The zero-order valence-electron chi connectivity index (χ0n) is 12.0. The molecule has 0 aromatic heterocycles. The van der Waals surface area contributed by atoms with Crippen LogP contribution in [0.25, 0.3) is 0 Å². The van der Waals surface area contributed by atoms with E-state index < -0.39 is 53.7 Å². The molecule has 0 radical (unpaired) electrons. The number of carboxylic acids is 1. The summed E-state index contributed by atoms with van der Waals surface area (Å²) in [5, 5.41) is 29.3. The van der Waals surface area contributed by atoms with Crippen molar-refractivity contribution in [1.82, 2.24) is 0 Å². The minimum Gasteiger partial charge on any atom is -0.478 e. The van der Waals surface area contributed by atoms with Gasteiger partial charge in [-0.15, -0.1) is 0 Å². The Kier molecular flexibility index (Phi) is 2.88. The van der Waals surface area contributed by atoms with Crippen LogP contribution in [0.5, 0.6) is 0 Å². The molecule has 6 atom stereocenters. The maximum Gasteiger partial charge on any atom is 0.337 e. The Balaban J connectivity index is 1.78. The Hall–Kier alpha value is -2.25. The van der Waals surface area contributed by atoms with Crippen molar-refractivity contribution in [1.29, 1.82) is 0 Å². The lowest BCUT2D eigenvalue weighted by molar-refractivity contribution is -0.129. The number of aromatic carboxylic acids is 1. The Morgan fingerprint density at radius 2 is 1.52 bits per heavy atom. The highest BCUT2D eigenvalue weighted by Gasteiger charge is 2.67. The number of hydrogen-bond donors (Lipinski definition) is 3. The lowest BCUT2D eigenvalue weighted by Gasteiger charge is -2.29. The van der Waals surface area contributed by atoms with Crippen molar-refractivity contribution in [3.8, 4) is 0 Å². The molecule has 3 fully saturated rings. The van der Waals surface area contributed by atoms with E-state index in [-0.39, 0.29) is 11.3 Å². The Labute approximate surface area is 131 Å². The largest absolute Gasteiger partial charge is 0.478 e. The van der Waals surface area contributed by atoms with Crippen LogP contribution in [0.1, 0.15) is 16.8 Å². The average molecular weight is 317 g/mol. The van der Waals surface area contributed by atoms with E-state index >= 15 is 0 Å². The van der Waals surface area contributed by atoms with E-state index in [1.165, 1.54) is 18.2 Å². The van der Waals surface area contributed by atoms with Crippen molar-refractivity contribution in [2.45, 2.75) is 18.6 Å². The number of para-hydroxylation sites is 1. The molecule has 1 aliphatic heterocycles. The molecular weight excluding hydrogens is 302 g/mol. The zero-order chi connectivity index (χ0) is 16.5. The van der Waals surface area contributed by atoms with Crippen molar-refractivity contribution >= 4 is 23.5 Å². The second-order valence-electron chi connectivity index (χ2n) is 6.43. The lowest BCUT2D eigenvalue weighted by Crippen LogP contribution is -2.43. The Morgan fingerprint density at radius 1 is 1.00 bits per heavy atom. The summed E-state index contributed by atoms with van der Waals surface area (Å²) in [6.45, 7) is 0. The third-order valence-electron chi connectivity index (χ3n) is 5.47. The summed E-state index contributed by atoms with van der Waals surface area (Å²) in [6, 6.07) is 5.85. The summed E-state index contributed by atoms with van der Waals surface area (Å²) in [5.41, 5.74) is -0.0737. The van der Waals surface area contributed by atoms with Crippen molar-refractivity contribution in [3.05, 3.63) is 29.8 Å². The van der Waals surface area contributed by atoms with Crippen molar-refractivity contribution in [3.63, 3.8) is 0 Å². The van der Waals surface area contributed by atoms with E-state index in [2.05, 4.69) is 0 Å². The van der Waals surface area contributed by atoms with E-state index in [0.717, 1.165) is 4.90 Å². The number of benzene rings is 1. The molecule has 1 saturated heterocycles. The van der Waals surface area contributed by atoms with Gasteiger partial charge < -0.3 is 15.3 Å². The van der Waals surface area contributed by atoms with Gasteiger partial charge in [0.15, 0.2) is 0 Å². The molecule has 7 heteroatoms. The molecule has 7 nitrogen and oxygen atoms in total. The topological polar surface area (TPSA) is 115 Å². The number of aliphatic hydroxyl groups is 2. The normalized spacial score (nSPS) is 38.3. The minimum absolute atomic E-state index is 0.0489. The number of imide groups is 1. The molecule has 5 unspecified atom stereocenters. The van der Waals surface area contributed by atoms with Crippen LogP contribution in [-0.2, 0) is 9.59 Å². The second kappa shape index (κ2) is 4.62. The van der Waals surface area contributed by atoms with Crippen LogP contribution in [0, 0.1) is 23.7 Å². The smallest absolute Gasteiger partial charge is 0.337 e. The maximum atomic E-state index is 12.7. The molecule has 1 aromatic carbocycles. The zero-order valence-corrected chi connectivity index (χ0v) is 12.0. The number of anilines is 1. The van der Waals surface area contributed by atoms with Crippen LogP contribution in [0.15, 0.2) is 24.3 Å². The predicted molar refractivity (Wildman–Crippen MR) is 76.5 cm³/mol. The fourth-order valence-electron chi connectivity index (χ4n) is 4.52. The minimum atomic E-state index is -1.22. The van der Waals surface area contributed by atoms with Gasteiger partial charge in [0.1, 0.15) is 0 Å². The number of fused-ring (bicyclic) bond motifs is 5. The van der Waals surface area contributed by atoms with E-state index in [1.54, 1.807) is 6.07 Å². The first-order valence-corrected chi connectivity index (χ1v) is 7.49. The molecule has 2 amide bonds. The molecule has 0 spiro atoms. The number of carboxylic acid groups (broad SMARTS) is 1. The van der Waals surface area contributed by atoms with E-state index in [0.29, 0.717) is 6.42 Å². The summed E-state index contributed by atoms with van der Waals surface area (Å²) in [7, 11) is 0. The van der Waals surface area contributed by atoms with Crippen LogP contribution < -0.4 is 4.90 Å². The van der Waals surface area contributed by atoms with Gasteiger partial charge in [-0.05, 0) is 18.6 Å². The molecule has 23 heavy (non-hydrogen) atoms. The van der Waals surface area contributed by atoms with E-state index in [1.807, 2.05) is 0 Å². The van der Waals surface area contributed by atoms with Gasteiger partial charge in [0.05, 0.1) is 35.3 Å². The third kappa shape index (κ3) is 1.69. The molecular formula is C16H15NO6. The summed E-state index contributed by atoms with van der Waals surface area (Å²) >= 11 is 0. The quantitative estimate of drug-likeness (QED) is 0.654. The second-order valence-corrected chi connectivity index (χ2v) is 6.43.